The second-order valence-electron chi connectivity index (χ2n) is 3.91. The third kappa shape index (κ3) is 2.94. The van der Waals surface area contributed by atoms with Gasteiger partial charge < -0.3 is 0 Å². The molecule has 0 spiro atoms. The standard InChI is InChI=1S/C10H18N2O/c1-9(2)12-6-4-3-5-10(12)7-11-8-13/h9-10H,3-7H2,1-2H3. The molecule has 1 rings (SSSR count). The molecule has 0 N–H and O–H groups in total. The summed E-state index contributed by atoms with van der Waals surface area (Å²) in [6, 6.07) is 1.03. The quantitative estimate of drug-likeness (QED) is 0.490. The Morgan fingerprint density at radius 1 is 1.54 bits per heavy atom. The van der Waals surface area contributed by atoms with Crippen LogP contribution in [0.3, 0.4) is 0 Å². The highest BCUT2D eigenvalue weighted by atomic mass is 16.1. The Balaban J connectivity index is 2.50. The molecule has 0 aromatic carbocycles. The van der Waals surface area contributed by atoms with Crippen molar-refractivity contribution in [2.24, 2.45) is 4.99 Å². The van der Waals surface area contributed by atoms with Crippen LogP contribution in [0.15, 0.2) is 4.99 Å². The molecule has 1 unspecified atom stereocenters. The van der Waals surface area contributed by atoms with Gasteiger partial charge in [-0.05, 0) is 33.2 Å². The summed E-state index contributed by atoms with van der Waals surface area (Å²) in [5.41, 5.74) is 0. The van der Waals surface area contributed by atoms with E-state index in [1.54, 1.807) is 6.08 Å². The van der Waals surface area contributed by atoms with E-state index in [2.05, 4.69) is 23.7 Å². The van der Waals surface area contributed by atoms with Gasteiger partial charge in [0.2, 0.25) is 6.08 Å². The van der Waals surface area contributed by atoms with E-state index in [0.717, 1.165) is 6.54 Å². The van der Waals surface area contributed by atoms with E-state index in [0.29, 0.717) is 18.6 Å². The van der Waals surface area contributed by atoms with Crippen molar-refractivity contribution in [3.05, 3.63) is 0 Å². The van der Waals surface area contributed by atoms with Crippen LogP contribution in [0, 0.1) is 0 Å². The minimum atomic E-state index is 0.468. The number of piperidine rings is 1. The topological polar surface area (TPSA) is 32.7 Å². The Kier molecular flexibility index (Phi) is 4.13. The van der Waals surface area contributed by atoms with E-state index in [1.807, 2.05) is 0 Å². The minimum absolute atomic E-state index is 0.468. The SMILES string of the molecule is CC(C)N1CCCCC1CN=C=O. The highest BCUT2D eigenvalue weighted by Gasteiger charge is 2.23. The maximum absolute atomic E-state index is 10.0. The summed E-state index contributed by atoms with van der Waals surface area (Å²) in [4.78, 5) is 16.1. The second kappa shape index (κ2) is 5.15. The molecule has 1 heterocycles. The average molecular weight is 182 g/mol. The zero-order chi connectivity index (χ0) is 9.68. The molecule has 0 aliphatic carbocycles. The number of nitrogens with zero attached hydrogens (tertiary/aromatic N) is 2. The Bertz CT molecular complexity index is 197. The largest absolute Gasteiger partial charge is 0.296 e. The van der Waals surface area contributed by atoms with Crippen molar-refractivity contribution >= 4 is 6.08 Å². The van der Waals surface area contributed by atoms with E-state index >= 15 is 0 Å². The fraction of sp³-hybridized carbons (Fsp3) is 0.900. The predicted octanol–water partition coefficient (Wildman–Crippen LogP) is 1.59. The molecule has 1 atom stereocenters. The summed E-state index contributed by atoms with van der Waals surface area (Å²) in [6.45, 7) is 6.17. The lowest BCUT2D eigenvalue weighted by Crippen LogP contribution is -2.45. The van der Waals surface area contributed by atoms with Crippen LogP contribution in [0.5, 0.6) is 0 Å². The lowest BCUT2D eigenvalue weighted by atomic mass is 10.0. The second-order valence-corrected chi connectivity index (χ2v) is 3.91. The van der Waals surface area contributed by atoms with Gasteiger partial charge in [0.25, 0.3) is 0 Å². The van der Waals surface area contributed by atoms with Crippen LogP contribution in [-0.4, -0.2) is 36.2 Å². The number of carbonyl (C=O) groups excluding carboxylic acids is 1. The van der Waals surface area contributed by atoms with E-state index in [1.165, 1.54) is 19.3 Å². The fourth-order valence-electron chi connectivity index (χ4n) is 2.04. The molecule has 1 aliphatic heterocycles. The van der Waals surface area contributed by atoms with Gasteiger partial charge in [0.1, 0.15) is 0 Å². The summed E-state index contributed by atoms with van der Waals surface area (Å²) in [5.74, 6) is 0. The molecule has 1 saturated heterocycles. The Labute approximate surface area is 79.8 Å². The Morgan fingerprint density at radius 3 is 2.92 bits per heavy atom. The molecular formula is C10H18N2O. The first-order valence-corrected chi connectivity index (χ1v) is 5.05. The van der Waals surface area contributed by atoms with E-state index in [4.69, 9.17) is 0 Å². The lowest BCUT2D eigenvalue weighted by Gasteiger charge is -2.37. The summed E-state index contributed by atoms with van der Waals surface area (Å²) in [7, 11) is 0. The van der Waals surface area contributed by atoms with Crippen LogP contribution in [-0.2, 0) is 4.79 Å². The van der Waals surface area contributed by atoms with Gasteiger partial charge in [-0.3, -0.25) is 4.90 Å². The first kappa shape index (κ1) is 10.4. The van der Waals surface area contributed by atoms with Crippen molar-refractivity contribution in [1.82, 2.24) is 4.90 Å². The van der Waals surface area contributed by atoms with Crippen LogP contribution in [0.25, 0.3) is 0 Å². The van der Waals surface area contributed by atoms with E-state index in [9.17, 15) is 4.79 Å². The number of aliphatic imine (C=N–C) groups is 1. The van der Waals surface area contributed by atoms with E-state index in [-0.39, 0.29) is 0 Å². The zero-order valence-electron chi connectivity index (χ0n) is 8.49. The number of hydrogen-bond acceptors (Lipinski definition) is 3. The van der Waals surface area contributed by atoms with Gasteiger partial charge in [-0.2, -0.15) is 0 Å². The monoisotopic (exact) mass is 182 g/mol. The van der Waals surface area contributed by atoms with Crippen LogP contribution in [0.4, 0.5) is 0 Å². The zero-order valence-corrected chi connectivity index (χ0v) is 8.49. The molecule has 13 heavy (non-hydrogen) atoms. The average Bonchev–Trinajstić information content (AvgIpc) is 2.15. The Hall–Kier alpha value is -0.660. The molecule has 3 heteroatoms. The number of hydrogen-bond donors (Lipinski definition) is 0. The molecular weight excluding hydrogens is 164 g/mol. The maximum atomic E-state index is 10.0. The van der Waals surface area contributed by atoms with Crippen molar-refractivity contribution in [1.29, 1.82) is 0 Å². The van der Waals surface area contributed by atoms with Crippen LogP contribution in [0.2, 0.25) is 0 Å². The predicted molar refractivity (Wildman–Crippen MR) is 52.5 cm³/mol. The highest BCUT2D eigenvalue weighted by molar-refractivity contribution is 5.32. The van der Waals surface area contributed by atoms with Gasteiger partial charge in [-0.1, -0.05) is 6.42 Å². The maximum Gasteiger partial charge on any atom is 0.234 e. The molecule has 0 radical (unpaired) electrons. The third-order valence-corrected chi connectivity index (χ3v) is 2.70. The highest BCUT2D eigenvalue weighted by Crippen LogP contribution is 2.19. The first-order valence-electron chi connectivity index (χ1n) is 5.05. The molecule has 0 bridgehead atoms. The molecule has 3 nitrogen and oxygen atoms in total. The van der Waals surface area contributed by atoms with Crippen LogP contribution < -0.4 is 0 Å². The fourth-order valence-corrected chi connectivity index (χ4v) is 2.04. The molecule has 0 amide bonds. The van der Waals surface area contributed by atoms with Gasteiger partial charge in [0, 0.05) is 12.1 Å². The van der Waals surface area contributed by atoms with Crippen molar-refractivity contribution < 1.29 is 4.79 Å². The number of likely N-dealkylation sites (tertiary alicyclic amines) is 1. The van der Waals surface area contributed by atoms with Crippen molar-refractivity contribution in [2.75, 3.05) is 13.1 Å². The normalized spacial score (nSPS) is 24.4. The molecule has 74 valence electrons. The van der Waals surface area contributed by atoms with Crippen LogP contribution in [0.1, 0.15) is 33.1 Å². The molecule has 1 fully saturated rings. The summed E-state index contributed by atoms with van der Waals surface area (Å²) < 4.78 is 0. The van der Waals surface area contributed by atoms with Gasteiger partial charge in [-0.15, -0.1) is 0 Å². The summed E-state index contributed by atoms with van der Waals surface area (Å²) >= 11 is 0. The summed E-state index contributed by atoms with van der Waals surface area (Å²) in [6.07, 6.45) is 5.34. The van der Waals surface area contributed by atoms with Crippen molar-refractivity contribution in [2.45, 2.75) is 45.2 Å². The molecule has 1 aliphatic rings. The minimum Gasteiger partial charge on any atom is -0.296 e. The number of rotatable bonds is 3. The Morgan fingerprint density at radius 2 is 2.31 bits per heavy atom. The van der Waals surface area contributed by atoms with Gasteiger partial charge >= 0.3 is 0 Å². The van der Waals surface area contributed by atoms with Gasteiger partial charge in [-0.25, -0.2) is 9.79 Å². The van der Waals surface area contributed by atoms with Crippen molar-refractivity contribution in [3.63, 3.8) is 0 Å². The number of isocyanates is 1. The lowest BCUT2D eigenvalue weighted by molar-refractivity contribution is 0.117. The van der Waals surface area contributed by atoms with Crippen molar-refractivity contribution in [3.8, 4) is 0 Å². The van der Waals surface area contributed by atoms with Gasteiger partial charge in [0.05, 0.1) is 6.54 Å². The van der Waals surface area contributed by atoms with Crippen LogP contribution >= 0.6 is 0 Å². The molecule has 0 aromatic rings. The summed E-state index contributed by atoms with van der Waals surface area (Å²) in [5, 5.41) is 0. The third-order valence-electron chi connectivity index (χ3n) is 2.70. The smallest absolute Gasteiger partial charge is 0.234 e. The molecule has 0 saturated carbocycles. The van der Waals surface area contributed by atoms with Gasteiger partial charge in [0.15, 0.2) is 0 Å². The first-order chi connectivity index (χ1) is 6.25. The molecule has 0 aromatic heterocycles. The van der Waals surface area contributed by atoms with E-state index < -0.39 is 0 Å².